The molecule has 29 heavy (non-hydrogen) atoms. The van der Waals surface area contributed by atoms with Crippen LogP contribution in [0.25, 0.3) is 10.9 Å². The summed E-state index contributed by atoms with van der Waals surface area (Å²) in [6, 6.07) is 2.77. The average Bonchev–Trinajstić information content (AvgIpc) is 3.09. The first-order valence-electron chi connectivity index (χ1n) is 9.51. The van der Waals surface area contributed by atoms with E-state index < -0.39 is 29.3 Å². The van der Waals surface area contributed by atoms with Crippen molar-refractivity contribution in [3.63, 3.8) is 0 Å². The predicted molar refractivity (Wildman–Crippen MR) is 99.4 cm³/mol. The van der Waals surface area contributed by atoms with E-state index in [4.69, 9.17) is 0 Å². The number of hydrogen-bond acceptors (Lipinski definition) is 2. The first-order chi connectivity index (χ1) is 13.9. The van der Waals surface area contributed by atoms with Gasteiger partial charge in [0.1, 0.15) is 17.5 Å². The van der Waals surface area contributed by atoms with Crippen molar-refractivity contribution in [3.8, 4) is 0 Å². The van der Waals surface area contributed by atoms with Crippen LogP contribution in [0.2, 0.25) is 0 Å². The zero-order chi connectivity index (χ0) is 20.5. The molecule has 1 aliphatic rings. The molecule has 1 amide bonds. The van der Waals surface area contributed by atoms with Crippen molar-refractivity contribution in [1.82, 2.24) is 14.9 Å². The van der Waals surface area contributed by atoms with Crippen molar-refractivity contribution < 1.29 is 22.4 Å². The molecule has 0 atom stereocenters. The van der Waals surface area contributed by atoms with Gasteiger partial charge in [-0.15, -0.1) is 0 Å². The van der Waals surface area contributed by atoms with Crippen LogP contribution >= 0.6 is 0 Å². The maximum atomic E-state index is 14.6. The number of halogens is 4. The monoisotopic (exact) mass is 405 g/mol. The average molecular weight is 405 g/mol. The lowest BCUT2D eigenvalue weighted by atomic mass is 9.95. The van der Waals surface area contributed by atoms with E-state index >= 15 is 0 Å². The van der Waals surface area contributed by atoms with Crippen LogP contribution in [0.3, 0.4) is 0 Å². The summed E-state index contributed by atoms with van der Waals surface area (Å²) in [5, 5.41) is 2.71. The first kappa shape index (κ1) is 19.4. The number of fused-ring (bicyclic) bond motifs is 1. The zero-order valence-corrected chi connectivity index (χ0v) is 15.5. The molecule has 0 spiro atoms. The van der Waals surface area contributed by atoms with Gasteiger partial charge in [-0.25, -0.2) is 18.2 Å². The number of amides is 1. The molecule has 4 nitrogen and oxygen atoms in total. The summed E-state index contributed by atoms with van der Waals surface area (Å²) in [6.45, 7) is -0.279. The van der Waals surface area contributed by atoms with Crippen LogP contribution in [-0.2, 0) is 6.54 Å². The highest BCUT2D eigenvalue weighted by atomic mass is 19.1. The number of pyridine rings is 1. The van der Waals surface area contributed by atoms with Crippen LogP contribution in [0.4, 0.5) is 17.6 Å². The van der Waals surface area contributed by atoms with E-state index in [0.717, 1.165) is 56.5 Å². The second-order valence-corrected chi connectivity index (χ2v) is 7.33. The third kappa shape index (κ3) is 3.83. The molecule has 2 aromatic heterocycles. The van der Waals surface area contributed by atoms with Crippen molar-refractivity contribution in [1.29, 1.82) is 0 Å². The summed E-state index contributed by atoms with van der Waals surface area (Å²) in [6.07, 6.45) is 6.80. The van der Waals surface area contributed by atoms with Crippen molar-refractivity contribution >= 4 is 16.8 Å². The Morgan fingerprint density at radius 3 is 2.55 bits per heavy atom. The molecule has 1 aromatic carbocycles. The third-order valence-corrected chi connectivity index (χ3v) is 5.35. The van der Waals surface area contributed by atoms with Gasteiger partial charge in [0.15, 0.2) is 0 Å². The van der Waals surface area contributed by atoms with Gasteiger partial charge in [-0.2, -0.15) is 4.39 Å². The van der Waals surface area contributed by atoms with E-state index in [0.29, 0.717) is 0 Å². The van der Waals surface area contributed by atoms with Gasteiger partial charge in [0.2, 0.25) is 5.95 Å². The van der Waals surface area contributed by atoms with Crippen molar-refractivity contribution in [3.05, 3.63) is 65.1 Å². The van der Waals surface area contributed by atoms with E-state index in [1.54, 1.807) is 0 Å². The molecule has 1 saturated carbocycles. The van der Waals surface area contributed by atoms with Gasteiger partial charge in [0.25, 0.3) is 5.91 Å². The highest BCUT2D eigenvalue weighted by Gasteiger charge is 2.24. The number of carbonyl (C=O) groups is 1. The largest absolute Gasteiger partial charge is 0.349 e. The Balaban J connectivity index is 1.76. The van der Waals surface area contributed by atoms with Crippen LogP contribution in [0.1, 0.15) is 48.0 Å². The quantitative estimate of drug-likeness (QED) is 0.505. The number of hydrogen-bond donors (Lipinski definition) is 1. The molecule has 0 saturated heterocycles. The Bertz CT molecular complexity index is 1070. The van der Waals surface area contributed by atoms with E-state index in [-0.39, 0.29) is 34.6 Å². The molecule has 0 bridgehead atoms. The Labute approximate surface area is 164 Å². The molecule has 4 rings (SSSR count). The first-order valence-corrected chi connectivity index (χ1v) is 9.51. The number of carbonyl (C=O) groups excluding carboxylic acids is 1. The van der Waals surface area contributed by atoms with Gasteiger partial charge in [0.05, 0.1) is 29.2 Å². The minimum absolute atomic E-state index is 0.0157. The topological polar surface area (TPSA) is 46.9 Å². The molecule has 3 aromatic rings. The molecule has 1 N–H and O–H groups in total. The molecular weight excluding hydrogens is 386 g/mol. The van der Waals surface area contributed by atoms with Crippen molar-refractivity contribution in [2.45, 2.75) is 44.7 Å². The molecule has 8 heteroatoms. The van der Waals surface area contributed by atoms with Crippen LogP contribution in [-0.4, -0.2) is 21.5 Å². The van der Waals surface area contributed by atoms with Crippen molar-refractivity contribution in [2.75, 3.05) is 0 Å². The van der Waals surface area contributed by atoms with Crippen LogP contribution in [0.15, 0.2) is 30.6 Å². The highest BCUT2D eigenvalue weighted by Crippen LogP contribution is 2.29. The van der Waals surface area contributed by atoms with Gasteiger partial charge in [-0.05, 0) is 25.0 Å². The lowest BCUT2D eigenvalue weighted by molar-refractivity contribution is 0.0929. The Morgan fingerprint density at radius 2 is 1.79 bits per heavy atom. The summed E-state index contributed by atoms with van der Waals surface area (Å²) in [5.41, 5.74) is -0.287. The molecule has 1 fully saturated rings. The fraction of sp³-hybridized carbons (Fsp3) is 0.333. The normalized spacial score (nSPS) is 15.0. The number of aromatic nitrogens is 2. The molecular formula is C21H19F4N3O. The van der Waals surface area contributed by atoms with Crippen LogP contribution in [0, 0.1) is 23.4 Å². The van der Waals surface area contributed by atoms with Gasteiger partial charge < -0.3 is 9.88 Å². The van der Waals surface area contributed by atoms with Crippen LogP contribution in [0.5, 0.6) is 0 Å². The Morgan fingerprint density at radius 1 is 1.07 bits per heavy atom. The molecule has 2 heterocycles. The van der Waals surface area contributed by atoms with E-state index in [1.165, 1.54) is 10.8 Å². The maximum absolute atomic E-state index is 14.6. The summed E-state index contributed by atoms with van der Waals surface area (Å²) in [4.78, 5) is 16.0. The van der Waals surface area contributed by atoms with Gasteiger partial charge in [0, 0.05) is 23.9 Å². The summed E-state index contributed by atoms with van der Waals surface area (Å²) in [7, 11) is 0. The summed E-state index contributed by atoms with van der Waals surface area (Å²) in [5.74, 6) is -3.69. The lowest BCUT2D eigenvalue weighted by Gasteiger charge is -2.22. The zero-order valence-electron chi connectivity index (χ0n) is 15.5. The third-order valence-electron chi connectivity index (χ3n) is 5.35. The van der Waals surface area contributed by atoms with E-state index in [9.17, 15) is 22.4 Å². The second kappa shape index (κ2) is 7.85. The fourth-order valence-corrected chi connectivity index (χ4v) is 3.93. The predicted octanol–water partition coefficient (Wildman–Crippen LogP) is 4.70. The fourth-order valence-electron chi connectivity index (χ4n) is 3.93. The number of benzene rings is 1. The van der Waals surface area contributed by atoms with Gasteiger partial charge in [-0.1, -0.05) is 19.3 Å². The Kier molecular flexibility index (Phi) is 5.25. The van der Waals surface area contributed by atoms with Crippen molar-refractivity contribution in [2.24, 2.45) is 0 Å². The SMILES string of the molecule is O=C(NC1CCCCC1)c1cn(Cc2cc(F)ncc2F)c2c(F)ccc(F)c12. The Hall–Kier alpha value is -2.90. The summed E-state index contributed by atoms with van der Waals surface area (Å²) >= 11 is 0. The van der Waals surface area contributed by atoms with E-state index in [2.05, 4.69) is 10.3 Å². The highest BCUT2D eigenvalue weighted by molar-refractivity contribution is 6.07. The minimum atomic E-state index is -0.889. The smallest absolute Gasteiger partial charge is 0.253 e. The second-order valence-electron chi connectivity index (χ2n) is 7.33. The van der Waals surface area contributed by atoms with E-state index in [1.807, 2.05) is 0 Å². The molecule has 1 aliphatic carbocycles. The molecule has 0 aliphatic heterocycles. The number of rotatable bonds is 4. The standard InChI is InChI=1S/C21H19F4N3O/c22-15-6-7-16(23)20-19(15)14(21(29)27-13-4-2-1-3-5-13)11-28(20)10-12-8-18(25)26-9-17(12)24/h6-9,11,13H,1-5,10H2,(H,27,29). The molecule has 0 radical (unpaired) electrons. The van der Waals surface area contributed by atoms with Gasteiger partial charge >= 0.3 is 0 Å². The lowest BCUT2D eigenvalue weighted by Crippen LogP contribution is -2.36. The molecule has 0 unspecified atom stereocenters. The maximum Gasteiger partial charge on any atom is 0.253 e. The summed E-state index contributed by atoms with van der Waals surface area (Å²) < 4.78 is 57.8. The van der Waals surface area contributed by atoms with Crippen LogP contribution < -0.4 is 5.32 Å². The number of nitrogens with one attached hydrogen (secondary N) is 1. The number of nitrogens with zero attached hydrogens (tertiary/aromatic N) is 2. The molecule has 152 valence electrons. The minimum Gasteiger partial charge on any atom is -0.349 e. The van der Waals surface area contributed by atoms with Gasteiger partial charge in [-0.3, -0.25) is 4.79 Å².